The molecule has 0 N–H and O–H groups in total. The van der Waals surface area contributed by atoms with Crippen LogP contribution in [0.2, 0.25) is 5.15 Å². The van der Waals surface area contributed by atoms with E-state index in [-0.39, 0.29) is 0 Å². The molecule has 1 fully saturated rings. The summed E-state index contributed by atoms with van der Waals surface area (Å²) in [6.45, 7) is 5.03. The van der Waals surface area contributed by atoms with Gasteiger partial charge >= 0.3 is 0 Å². The zero-order valence-electron chi connectivity index (χ0n) is 12.7. The fourth-order valence-electron chi connectivity index (χ4n) is 2.73. The van der Waals surface area contributed by atoms with E-state index >= 15 is 0 Å². The first-order valence-corrected chi connectivity index (χ1v) is 7.90. The molecule has 3 aromatic rings. The molecule has 0 unspecified atom stereocenters. The van der Waals surface area contributed by atoms with Gasteiger partial charge in [0.05, 0.1) is 30.8 Å². The summed E-state index contributed by atoms with van der Waals surface area (Å²) in [6, 6.07) is 5.86. The Kier molecular flexibility index (Phi) is 3.63. The van der Waals surface area contributed by atoms with E-state index < -0.39 is 0 Å². The Hall–Kier alpha value is -2.18. The number of aromatic nitrogens is 4. The van der Waals surface area contributed by atoms with Crippen molar-refractivity contribution >= 4 is 22.9 Å². The lowest BCUT2D eigenvalue weighted by Gasteiger charge is -2.28. The maximum absolute atomic E-state index is 6.19. The van der Waals surface area contributed by atoms with Gasteiger partial charge in [-0.1, -0.05) is 11.6 Å². The number of anilines is 1. The number of ether oxygens (including phenoxy) is 1. The van der Waals surface area contributed by atoms with Crippen LogP contribution in [0.4, 0.5) is 5.69 Å². The summed E-state index contributed by atoms with van der Waals surface area (Å²) in [7, 11) is 0. The summed E-state index contributed by atoms with van der Waals surface area (Å²) >= 11 is 6.19. The molecule has 3 aromatic heterocycles. The third-order valence-electron chi connectivity index (χ3n) is 3.94. The Morgan fingerprint density at radius 1 is 1.22 bits per heavy atom. The number of pyridine rings is 1. The van der Waals surface area contributed by atoms with Gasteiger partial charge in [-0.05, 0) is 19.1 Å². The highest BCUT2D eigenvalue weighted by molar-refractivity contribution is 6.29. The summed E-state index contributed by atoms with van der Waals surface area (Å²) < 4.78 is 7.16. The number of aryl methyl sites for hydroxylation is 1. The summed E-state index contributed by atoms with van der Waals surface area (Å²) in [5.41, 5.74) is 4.56. The Balaban J connectivity index is 1.82. The molecule has 0 aromatic carbocycles. The quantitative estimate of drug-likeness (QED) is 0.723. The normalized spacial score (nSPS) is 15.3. The van der Waals surface area contributed by atoms with E-state index in [1.165, 1.54) is 0 Å². The highest BCUT2D eigenvalue weighted by Crippen LogP contribution is 2.27. The summed E-state index contributed by atoms with van der Waals surface area (Å²) in [5.74, 6) is 0. The lowest BCUT2D eigenvalue weighted by atomic mass is 10.2. The van der Waals surface area contributed by atoms with E-state index in [0.717, 1.165) is 41.4 Å². The third-order valence-corrected chi connectivity index (χ3v) is 4.12. The molecular weight excluding hydrogens is 314 g/mol. The number of hydrogen-bond donors (Lipinski definition) is 0. The fraction of sp³-hybridized carbons (Fsp3) is 0.312. The molecule has 4 heterocycles. The van der Waals surface area contributed by atoms with Crippen LogP contribution in [0.3, 0.4) is 0 Å². The van der Waals surface area contributed by atoms with Crippen LogP contribution < -0.4 is 4.90 Å². The molecule has 7 heteroatoms. The second-order valence-corrected chi connectivity index (χ2v) is 5.92. The number of halogens is 1. The molecule has 23 heavy (non-hydrogen) atoms. The Morgan fingerprint density at radius 2 is 2.04 bits per heavy atom. The van der Waals surface area contributed by atoms with Gasteiger partial charge in [0.1, 0.15) is 0 Å². The largest absolute Gasteiger partial charge is 0.378 e. The van der Waals surface area contributed by atoms with Crippen molar-refractivity contribution in [3.63, 3.8) is 0 Å². The van der Waals surface area contributed by atoms with Gasteiger partial charge in [0.25, 0.3) is 0 Å². The second kappa shape index (κ2) is 5.79. The van der Waals surface area contributed by atoms with Crippen molar-refractivity contribution in [1.29, 1.82) is 0 Å². The number of rotatable bonds is 2. The van der Waals surface area contributed by atoms with Crippen LogP contribution >= 0.6 is 11.6 Å². The predicted molar refractivity (Wildman–Crippen MR) is 89.0 cm³/mol. The van der Waals surface area contributed by atoms with Gasteiger partial charge in [0.15, 0.2) is 10.8 Å². The lowest BCUT2D eigenvalue weighted by molar-refractivity contribution is 0.123. The van der Waals surface area contributed by atoms with Crippen LogP contribution in [-0.4, -0.2) is 45.9 Å². The van der Waals surface area contributed by atoms with Crippen molar-refractivity contribution in [1.82, 2.24) is 19.6 Å². The van der Waals surface area contributed by atoms with Crippen LogP contribution in [0.15, 0.2) is 30.6 Å². The molecule has 1 aliphatic heterocycles. The molecule has 4 rings (SSSR count). The van der Waals surface area contributed by atoms with Crippen LogP contribution in [-0.2, 0) is 4.74 Å². The maximum Gasteiger partial charge on any atom is 0.177 e. The van der Waals surface area contributed by atoms with E-state index in [0.29, 0.717) is 18.4 Å². The fourth-order valence-corrected chi connectivity index (χ4v) is 2.91. The Bertz CT molecular complexity index is 840. The van der Waals surface area contributed by atoms with Gasteiger partial charge in [-0.3, -0.25) is 4.98 Å². The first kappa shape index (κ1) is 14.4. The molecule has 0 amide bonds. The van der Waals surface area contributed by atoms with Gasteiger partial charge in [0, 0.05) is 36.6 Å². The third kappa shape index (κ3) is 2.75. The van der Waals surface area contributed by atoms with Crippen molar-refractivity contribution in [3.8, 4) is 11.3 Å². The minimum Gasteiger partial charge on any atom is -0.378 e. The molecule has 0 saturated carbocycles. The highest BCUT2D eigenvalue weighted by Gasteiger charge is 2.18. The van der Waals surface area contributed by atoms with Crippen molar-refractivity contribution in [2.75, 3.05) is 31.2 Å². The molecule has 1 aliphatic rings. The minimum absolute atomic E-state index is 0.449. The van der Waals surface area contributed by atoms with Crippen LogP contribution in [0.1, 0.15) is 5.69 Å². The van der Waals surface area contributed by atoms with E-state index in [2.05, 4.69) is 15.0 Å². The first-order valence-electron chi connectivity index (χ1n) is 7.52. The Morgan fingerprint density at radius 3 is 2.78 bits per heavy atom. The molecule has 118 valence electrons. The average molecular weight is 330 g/mol. The molecule has 0 aliphatic carbocycles. The van der Waals surface area contributed by atoms with Gasteiger partial charge < -0.3 is 9.64 Å². The summed E-state index contributed by atoms with van der Waals surface area (Å²) in [4.78, 5) is 11.3. The zero-order valence-corrected chi connectivity index (χ0v) is 13.5. The predicted octanol–water partition coefficient (Wildman–Crippen LogP) is 2.59. The van der Waals surface area contributed by atoms with Gasteiger partial charge in [-0.2, -0.15) is 5.10 Å². The molecule has 1 saturated heterocycles. The number of hydrogen-bond acceptors (Lipinski definition) is 5. The molecule has 0 bridgehead atoms. The van der Waals surface area contributed by atoms with Crippen molar-refractivity contribution < 1.29 is 4.74 Å². The van der Waals surface area contributed by atoms with E-state index in [1.54, 1.807) is 4.52 Å². The maximum atomic E-state index is 6.19. The zero-order chi connectivity index (χ0) is 15.8. The van der Waals surface area contributed by atoms with E-state index in [1.807, 2.05) is 37.5 Å². The van der Waals surface area contributed by atoms with Crippen molar-refractivity contribution in [2.45, 2.75) is 6.92 Å². The van der Waals surface area contributed by atoms with Crippen LogP contribution in [0, 0.1) is 6.92 Å². The number of imidazole rings is 1. The first-order chi connectivity index (χ1) is 11.2. The van der Waals surface area contributed by atoms with Gasteiger partial charge in [0.2, 0.25) is 0 Å². The lowest BCUT2D eigenvalue weighted by Crippen LogP contribution is -2.36. The highest BCUT2D eigenvalue weighted by atomic mass is 35.5. The smallest absolute Gasteiger partial charge is 0.177 e. The number of fused-ring (bicyclic) bond motifs is 1. The minimum atomic E-state index is 0.449. The molecule has 6 nitrogen and oxygen atoms in total. The topological polar surface area (TPSA) is 55.5 Å². The number of morpholine rings is 1. The van der Waals surface area contributed by atoms with Crippen LogP contribution in [0.5, 0.6) is 0 Å². The van der Waals surface area contributed by atoms with E-state index in [9.17, 15) is 0 Å². The van der Waals surface area contributed by atoms with Crippen molar-refractivity contribution in [3.05, 3.63) is 41.4 Å². The molecule has 0 spiro atoms. The summed E-state index contributed by atoms with van der Waals surface area (Å²) in [6.07, 6.45) is 3.71. The van der Waals surface area contributed by atoms with E-state index in [4.69, 9.17) is 21.3 Å². The van der Waals surface area contributed by atoms with Gasteiger partial charge in [-0.15, -0.1) is 0 Å². The average Bonchev–Trinajstić information content (AvgIpc) is 2.99. The second-order valence-electron chi connectivity index (χ2n) is 5.53. The van der Waals surface area contributed by atoms with Crippen molar-refractivity contribution in [2.24, 2.45) is 0 Å². The van der Waals surface area contributed by atoms with Gasteiger partial charge in [-0.25, -0.2) is 9.50 Å². The number of nitrogens with zero attached hydrogens (tertiary/aromatic N) is 5. The Labute approximate surface area is 138 Å². The summed E-state index contributed by atoms with van der Waals surface area (Å²) in [5, 5.41) is 4.79. The molecule has 0 radical (unpaired) electrons. The SMILES string of the molecule is Cc1ccc(-c2cn3nc(Cl)cc(N4CCOCC4)c3n2)cn1. The molecule has 0 atom stereocenters. The standard InChI is InChI=1S/C16H16ClN5O/c1-11-2-3-12(9-18-11)13-10-22-16(19-13)14(8-15(17)20-22)21-4-6-23-7-5-21/h2-3,8-10H,4-7H2,1H3. The van der Waals surface area contributed by atoms with Crippen LogP contribution in [0.25, 0.3) is 16.9 Å². The molecular formula is C16H16ClN5O. The monoisotopic (exact) mass is 329 g/mol.